The molecule has 0 aromatic carbocycles. The van der Waals surface area contributed by atoms with Crippen LogP contribution < -0.4 is 0 Å². The Balaban J connectivity index is 5.32. The van der Waals surface area contributed by atoms with Crippen molar-refractivity contribution in [3.63, 3.8) is 0 Å². The van der Waals surface area contributed by atoms with Crippen molar-refractivity contribution in [1.29, 1.82) is 0 Å². The van der Waals surface area contributed by atoms with E-state index in [2.05, 4.69) is 60.8 Å². The monoisotopic (exact) mass is 296 g/mol. The van der Waals surface area contributed by atoms with E-state index in [-0.39, 0.29) is 17.5 Å². The standard InChI is InChI=1S/C17H32N2S/c1-9-14(12(3)4)18-13(5)15(11-20)19-16(10-2)17(6,7)8/h14-15,20H,3,9-11H2,1-2,4-8H3. The molecule has 0 aromatic heterocycles. The quantitative estimate of drug-likeness (QED) is 0.388. The number of aliphatic imine (C=N–C) groups is 2. The highest BCUT2D eigenvalue weighted by molar-refractivity contribution is 7.80. The maximum atomic E-state index is 4.91. The first-order valence-electron chi connectivity index (χ1n) is 7.55. The Labute approximate surface area is 131 Å². The van der Waals surface area contributed by atoms with Crippen molar-refractivity contribution in [3.8, 4) is 0 Å². The van der Waals surface area contributed by atoms with Gasteiger partial charge in [-0.05, 0) is 32.1 Å². The molecule has 0 bridgehead atoms. The van der Waals surface area contributed by atoms with Crippen LogP contribution in [-0.4, -0.2) is 29.3 Å². The largest absolute Gasteiger partial charge is 0.284 e. The zero-order valence-corrected chi connectivity index (χ0v) is 15.2. The molecule has 2 unspecified atom stereocenters. The number of thiol groups is 1. The highest BCUT2D eigenvalue weighted by Crippen LogP contribution is 2.20. The molecule has 0 amide bonds. The molecule has 0 saturated carbocycles. The van der Waals surface area contributed by atoms with E-state index in [1.54, 1.807) is 0 Å². The molecule has 0 rings (SSSR count). The van der Waals surface area contributed by atoms with E-state index in [4.69, 9.17) is 9.98 Å². The van der Waals surface area contributed by atoms with Gasteiger partial charge in [-0.1, -0.05) is 46.8 Å². The fourth-order valence-corrected chi connectivity index (χ4v) is 2.50. The predicted octanol–water partition coefficient (Wildman–Crippen LogP) is 5.00. The fraction of sp³-hybridized carbons (Fsp3) is 0.765. The number of hydrogen-bond acceptors (Lipinski definition) is 3. The molecule has 0 fully saturated rings. The van der Waals surface area contributed by atoms with Gasteiger partial charge in [-0.15, -0.1) is 0 Å². The average molecular weight is 297 g/mol. The van der Waals surface area contributed by atoms with Crippen molar-refractivity contribution in [2.24, 2.45) is 15.4 Å². The lowest BCUT2D eigenvalue weighted by Gasteiger charge is -2.23. The summed E-state index contributed by atoms with van der Waals surface area (Å²) in [6.07, 6.45) is 1.95. The molecule has 0 spiro atoms. The van der Waals surface area contributed by atoms with Crippen molar-refractivity contribution < 1.29 is 0 Å². The summed E-state index contributed by atoms with van der Waals surface area (Å²) in [5.41, 5.74) is 3.51. The third kappa shape index (κ3) is 6.25. The zero-order chi connectivity index (χ0) is 15.9. The summed E-state index contributed by atoms with van der Waals surface area (Å²) < 4.78 is 0. The first-order valence-corrected chi connectivity index (χ1v) is 8.18. The summed E-state index contributed by atoms with van der Waals surface area (Å²) in [6.45, 7) is 19.0. The second-order valence-electron chi connectivity index (χ2n) is 6.42. The molecule has 0 radical (unpaired) electrons. The summed E-state index contributed by atoms with van der Waals surface area (Å²) in [5, 5.41) is 0. The van der Waals surface area contributed by atoms with Crippen LogP contribution in [0.3, 0.4) is 0 Å². The van der Waals surface area contributed by atoms with Gasteiger partial charge in [0, 0.05) is 17.2 Å². The first-order chi connectivity index (χ1) is 9.17. The molecular formula is C17H32N2S. The summed E-state index contributed by atoms with van der Waals surface area (Å²) >= 11 is 4.46. The van der Waals surface area contributed by atoms with Gasteiger partial charge in [-0.25, -0.2) is 0 Å². The number of rotatable bonds is 7. The second kappa shape index (κ2) is 8.66. The topological polar surface area (TPSA) is 24.7 Å². The molecule has 0 aliphatic heterocycles. The molecule has 3 heteroatoms. The molecule has 2 atom stereocenters. The van der Waals surface area contributed by atoms with Crippen LogP contribution in [-0.2, 0) is 0 Å². The van der Waals surface area contributed by atoms with Crippen LogP contribution in [0.15, 0.2) is 22.1 Å². The third-order valence-electron chi connectivity index (χ3n) is 3.48. The highest BCUT2D eigenvalue weighted by Gasteiger charge is 2.20. The van der Waals surface area contributed by atoms with Crippen LogP contribution >= 0.6 is 12.6 Å². The molecule has 0 saturated heterocycles. The summed E-state index contributed by atoms with van der Waals surface area (Å²) in [6, 6.07) is 0.271. The first kappa shape index (κ1) is 19.4. The van der Waals surface area contributed by atoms with Gasteiger partial charge < -0.3 is 0 Å². The smallest absolute Gasteiger partial charge is 0.0960 e. The minimum atomic E-state index is 0.0703. The maximum absolute atomic E-state index is 4.91. The van der Waals surface area contributed by atoms with Crippen molar-refractivity contribution in [1.82, 2.24) is 0 Å². The van der Waals surface area contributed by atoms with E-state index < -0.39 is 0 Å². The van der Waals surface area contributed by atoms with Crippen molar-refractivity contribution in [2.75, 3.05) is 5.75 Å². The van der Waals surface area contributed by atoms with E-state index >= 15 is 0 Å². The van der Waals surface area contributed by atoms with E-state index in [0.717, 1.165) is 24.1 Å². The predicted molar refractivity (Wildman–Crippen MR) is 96.8 cm³/mol. The lowest BCUT2D eigenvalue weighted by atomic mass is 9.88. The normalized spacial score (nSPS) is 17.0. The minimum Gasteiger partial charge on any atom is -0.284 e. The molecule has 116 valence electrons. The molecule has 0 heterocycles. The lowest BCUT2D eigenvalue weighted by molar-refractivity contribution is 0.575. The van der Waals surface area contributed by atoms with Gasteiger partial charge in [0.15, 0.2) is 0 Å². The molecule has 0 aliphatic carbocycles. The van der Waals surface area contributed by atoms with Crippen LogP contribution in [0.25, 0.3) is 0 Å². The van der Waals surface area contributed by atoms with Gasteiger partial charge in [0.1, 0.15) is 0 Å². The Morgan fingerprint density at radius 2 is 1.65 bits per heavy atom. The van der Waals surface area contributed by atoms with Crippen LogP contribution in [0.4, 0.5) is 0 Å². The highest BCUT2D eigenvalue weighted by atomic mass is 32.1. The van der Waals surface area contributed by atoms with Crippen LogP contribution in [0.1, 0.15) is 61.3 Å². The molecular weight excluding hydrogens is 264 g/mol. The Bertz CT molecular complexity index is 375. The average Bonchev–Trinajstić information content (AvgIpc) is 2.34. The molecule has 0 aromatic rings. The molecule has 0 aliphatic rings. The Kier molecular flexibility index (Phi) is 8.41. The van der Waals surface area contributed by atoms with Gasteiger partial charge in [-0.2, -0.15) is 12.6 Å². The van der Waals surface area contributed by atoms with Crippen molar-refractivity contribution >= 4 is 24.1 Å². The number of hydrogen-bond donors (Lipinski definition) is 1. The number of nitrogens with zero attached hydrogens (tertiary/aromatic N) is 2. The van der Waals surface area contributed by atoms with Crippen LogP contribution in [0.2, 0.25) is 0 Å². The summed E-state index contributed by atoms with van der Waals surface area (Å²) in [7, 11) is 0. The Morgan fingerprint density at radius 1 is 1.10 bits per heavy atom. The van der Waals surface area contributed by atoms with Gasteiger partial charge in [0.2, 0.25) is 0 Å². The summed E-state index contributed by atoms with van der Waals surface area (Å²) in [5.74, 6) is 0.696. The van der Waals surface area contributed by atoms with Gasteiger partial charge in [0.25, 0.3) is 0 Å². The Hall–Kier alpha value is -0.570. The molecule has 20 heavy (non-hydrogen) atoms. The molecule has 0 N–H and O–H groups in total. The fourth-order valence-electron chi connectivity index (χ4n) is 2.15. The van der Waals surface area contributed by atoms with Gasteiger partial charge in [0.05, 0.1) is 12.1 Å². The minimum absolute atomic E-state index is 0.0703. The Morgan fingerprint density at radius 3 is 1.95 bits per heavy atom. The lowest BCUT2D eigenvalue weighted by Crippen LogP contribution is -2.27. The SMILES string of the molecule is C=C(C)C(CC)N=C(C)C(CS)N=C(CC)C(C)(C)C. The van der Waals surface area contributed by atoms with E-state index in [9.17, 15) is 0 Å². The van der Waals surface area contributed by atoms with Gasteiger partial charge in [-0.3, -0.25) is 9.98 Å². The van der Waals surface area contributed by atoms with Crippen molar-refractivity contribution in [3.05, 3.63) is 12.2 Å². The van der Waals surface area contributed by atoms with E-state index in [0.29, 0.717) is 5.75 Å². The van der Waals surface area contributed by atoms with E-state index in [1.165, 1.54) is 5.71 Å². The van der Waals surface area contributed by atoms with E-state index in [1.807, 2.05) is 6.92 Å². The molecule has 2 nitrogen and oxygen atoms in total. The zero-order valence-electron chi connectivity index (χ0n) is 14.3. The third-order valence-corrected chi connectivity index (χ3v) is 3.83. The van der Waals surface area contributed by atoms with Crippen LogP contribution in [0.5, 0.6) is 0 Å². The van der Waals surface area contributed by atoms with Crippen molar-refractivity contribution in [2.45, 2.75) is 73.4 Å². The van der Waals surface area contributed by atoms with Gasteiger partial charge >= 0.3 is 0 Å². The van der Waals surface area contributed by atoms with Crippen LogP contribution in [0, 0.1) is 5.41 Å². The maximum Gasteiger partial charge on any atom is 0.0960 e. The second-order valence-corrected chi connectivity index (χ2v) is 6.78. The summed E-state index contributed by atoms with van der Waals surface area (Å²) in [4.78, 5) is 9.71.